The average molecular weight is 285 g/mol. The van der Waals surface area contributed by atoms with Crippen LogP contribution in [0.5, 0.6) is 0 Å². The lowest BCUT2D eigenvalue weighted by molar-refractivity contribution is 0.0622. The van der Waals surface area contributed by atoms with Crippen LogP contribution < -0.4 is 0 Å². The van der Waals surface area contributed by atoms with Gasteiger partial charge in [0.25, 0.3) is 5.91 Å². The van der Waals surface area contributed by atoms with E-state index < -0.39 is 5.82 Å². The second kappa shape index (κ2) is 7.50. The molecule has 0 saturated carbocycles. The summed E-state index contributed by atoms with van der Waals surface area (Å²) in [7, 11) is 0. The molecule has 0 unspecified atom stereocenters. The average Bonchev–Trinajstić information content (AvgIpc) is 2.41. The molecule has 0 bridgehead atoms. The number of aliphatic hydroxyl groups is 1. The van der Waals surface area contributed by atoms with Gasteiger partial charge in [-0.15, -0.1) is 12.6 Å². The molecule has 0 aliphatic heterocycles. The highest BCUT2D eigenvalue weighted by Gasteiger charge is 2.22. The Morgan fingerprint density at radius 1 is 1.42 bits per heavy atom. The molecule has 1 rings (SSSR count). The van der Waals surface area contributed by atoms with E-state index in [1.807, 2.05) is 13.8 Å². The topological polar surface area (TPSA) is 40.5 Å². The van der Waals surface area contributed by atoms with Crippen molar-refractivity contribution in [2.75, 3.05) is 13.2 Å². The minimum Gasteiger partial charge on any atom is -0.395 e. The maximum Gasteiger partial charge on any atom is 0.254 e. The highest BCUT2D eigenvalue weighted by Crippen LogP contribution is 2.18. The highest BCUT2D eigenvalue weighted by atomic mass is 32.1. The van der Waals surface area contributed by atoms with E-state index in [0.717, 1.165) is 12.8 Å². The minimum absolute atomic E-state index is 0.0769. The number of hydrogen-bond acceptors (Lipinski definition) is 3. The van der Waals surface area contributed by atoms with E-state index in [1.165, 1.54) is 18.2 Å². The van der Waals surface area contributed by atoms with Crippen molar-refractivity contribution in [1.82, 2.24) is 4.90 Å². The Hall–Kier alpha value is -1.07. The van der Waals surface area contributed by atoms with Crippen LogP contribution in [0.3, 0.4) is 0 Å². The third kappa shape index (κ3) is 3.94. The summed E-state index contributed by atoms with van der Waals surface area (Å²) >= 11 is 3.99. The number of amides is 1. The number of rotatable bonds is 6. The maximum atomic E-state index is 13.2. The van der Waals surface area contributed by atoms with E-state index in [4.69, 9.17) is 5.11 Å². The van der Waals surface area contributed by atoms with Crippen molar-refractivity contribution in [1.29, 1.82) is 0 Å². The predicted octanol–water partition coefficient (Wildman–Crippen LogP) is 2.74. The van der Waals surface area contributed by atoms with E-state index in [2.05, 4.69) is 12.6 Å². The first-order chi connectivity index (χ1) is 9.04. The molecular formula is C14H20FNO2S. The van der Waals surface area contributed by atoms with Crippen LogP contribution >= 0.6 is 12.6 Å². The number of carbonyl (C=O) groups is 1. The van der Waals surface area contributed by atoms with Gasteiger partial charge < -0.3 is 10.0 Å². The van der Waals surface area contributed by atoms with Crippen molar-refractivity contribution in [3.05, 3.63) is 29.6 Å². The molecule has 5 heteroatoms. The third-order valence-corrected chi connectivity index (χ3v) is 3.52. The Morgan fingerprint density at radius 2 is 2.05 bits per heavy atom. The minimum atomic E-state index is -0.448. The van der Waals surface area contributed by atoms with Crippen molar-refractivity contribution in [2.24, 2.45) is 0 Å². The maximum absolute atomic E-state index is 13.2. The van der Waals surface area contributed by atoms with Gasteiger partial charge in [0.2, 0.25) is 0 Å². The molecule has 1 N–H and O–H groups in total. The largest absolute Gasteiger partial charge is 0.395 e. The van der Waals surface area contributed by atoms with Crippen molar-refractivity contribution >= 4 is 18.5 Å². The van der Waals surface area contributed by atoms with Gasteiger partial charge in [0.05, 0.1) is 6.61 Å². The summed E-state index contributed by atoms with van der Waals surface area (Å²) in [4.78, 5) is 14.2. The van der Waals surface area contributed by atoms with Gasteiger partial charge in [-0.1, -0.05) is 13.8 Å². The molecule has 1 aromatic carbocycles. The zero-order valence-electron chi connectivity index (χ0n) is 11.3. The molecule has 3 nitrogen and oxygen atoms in total. The summed E-state index contributed by atoms with van der Waals surface area (Å²) in [6.45, 7) is 4.20. The summed E-state index contributed by atoms with van der Waals surface area (Å²) in [5, 5.41) is 9.10. The van der Waals surface area contributed by atoms with Crippen molar-refractivity contribution in [3.63, 3.8) is 0 Å². The fraction of sp³-hybridized carbons (Fsp3) is 0.500. The summed E-state index contributed by atoms with van der Waals surface area (Å²) in [6, 6.07) is 4.19. The number of hydrogen-bond donors (Lipinski definition) is 2. The van der Waals surface area contributed by atoms with Gasteiger partial charge in [-0.2, -0.15) is 0 Å². The second-order valence-corrected chi connectivity index (χ2v) is 4.84. The quantitative estimate of drug-likeness (QED) is 0.789. The van der Waals surface area contributed by atoms with Crippen LogP contribution in [0.2, 0.25) is 0 Å². The first-order valence-corrected chi connectivity index (χ1v) is 6.90. The molecule has 0 aromatic heterocycles. The Kier molecular flexibility index (Phi) is 6.31. The Balaban J connectivity index is 3.01. The van der Waals surface area contributed by atoms with Gasteiger partial charge in [0, 0.05) is 23.0 Å². The van der Waals surface area contributed by atoms with E-state index in [1.54, 1.807) is 4.90 Å². The number of nitrogens with zero attached hydrogens (tertiary/aromatic N) is 1. The summed E-state index contributed by atoms with van der Waals surface area (Å²) in [6.07, 6.45) is 1.63. The van der Waals surface area contributed by atoms with Gasteiger partial charge >= 0.3 is 0 Å². The van der Waals surface area contributed by atoms with Gasteiger partial charge in [0.15, 0.2) is 0 Å². The van der Waals surface area contributed by atoms with Gasteiger partial charge in [-0.05, 0) is 31.0 Å². The van der Waals surface area contributed by atoms with Crippen LogP contribution in [-0.2, 0) is 0 Å². The molecule has 1 amide bonds. The number of aliphatic hydroxyl groups excluding tert-OH is 1. The summed E-state index contributed by atoms with van der Waals surface area (Å²) in [5.74, 6) is -0.644. The van der Waals surface area contributed by atoms with Crippen LogP contribution in [0.1, 0.15) is 37.0 Å². The summed E-state index contributed by atoms with van der Waals surface area (Å²) in [5.41, 5.74) is 0.395. The lowest BCUT2D eigenvalue weighted by Crippen LogP contribution is -2.41. The molecule has 0 aliphatic rings. The molecule has 0 aliphatic carbocycles. The molecule has 0 heterocycles. The fourth-order valence-electron chi connectivity index (χ4n) is 2.10. The van der Waals surface area contributed by atoms with Crippen LogP contribution in [-0.4, -0.2) is 35.1 Å². The smallest absolute Gasteiger partial charge is 0.254 e. The third-order valence-electron chi connectivity index (χ3n) is 3.18. The number of benzene rings is 1. The molecular weight excluding hydrogens is 265 g/mol. The molecule has 1 aromatic rings. The number of thiol groups is 1. The second-order valence-electron chi connectivity index (χ2n) is 4.36. The van der Waals surface area contributed by atoms with E-state index in [0.29, 0.717) is 5.56 Å². The SMILES string of the molecule is CCC(CC)N(CCO)C(=O)c1ccc(F)c(S)c1. The van der Waals surface area contributed by atoms with Gasteiger partial charge in [0.1, 0.15) is 5.82 Å². The Morgan fingerprint density at radius 3 is 2.53 bits per heavy atom. The molecule has 0 radical (unpaired) electrons. The predicted molar refractivity (Wildman–Crippen MR) is 76.1 cm³/mol. The molecule has 0 atom stereocenters. The zero-order valence-corrected chi connectivity index (χ0v) is 12.2. The number of halogens is 1. The molecule has 0 spiro atoms. The van der Waals surface area contributed by atoms with Gasteiger partial charge in [-0.25, -0.2) is 4.39 Å². The van der Waals surface area contributed by atoms with E-state index in [9.17, 15) is 9.18 Å². The van der Waals surface area contributed by atoms with Crippen molar-refractivity contribution < 1.29 is 14.3 Å². The summed E-state index contributed by atoms with van der Waals surface area (Å²) < 4.78 is 13.2. The molecule has 0 saturated heterocycles. The normalized spacial score (nSPS) is 10.8. The first-order valence-electron chi connectivity index (χ1n) is 6.45. The first kappa shape index (κ1) is 16.0. The fourth-order valence-corrected chi connectivity index (χ4v) is 2.31. The van der Waals surface area contributed by atoms with Crippen LogP contribution in [0.15, 0.2) is 23.1 Å². The highest BCUT2D eigenvalue weighted by molar-refractivity contribution is 7.80. The zero-order chi connectivity index (χ0) is 14.4. The Bertz CT molecular complexity index is 435. The van der Waals surface area contributed by atoms with Crippen LogP contribution in [0.25, 0.3) is 0 Å². The van der Waals surface area contributed by atoms with Crippen molar-refractivity contribution in [2.45, 2.75) is 37.6 Å². The molecule has 0 fully saturated rings. The monoisotopic (exact) mass is 285 g/mol. The van der Waals surface area contributed by atoms with E-state index in [-0.39, 0.29) is 30.0 Å². The molecule has 19 heavy (non-hydrogen) atoms. The standard InChI is InChI=1S/C14H20FNO2S/c1-3-11(4-2)16(7-8-17)14(18)10-5-6-12(15)13(19)9-10/h5-6,9,11,17,19H,3-4,7-8H2,1-2H3. The van der Waals surface area contributed by atoms with Crippen LogP contribution in [0, 0.1) is 5.82 Å². The van der Waals surface area contributed by atoms with Gasteiger partial charge in [-0.3, -0.25) is 4.79 Å². The lowest BCUT2D eigenvalue weighted by atomic mass is 10.1. The lowest BCUT2D eigenvalue weighted by Gasteiger charge is -2.30. The Labute approximate surface area is 118 Å². The van der Waals surface area contributed by atoms with Crippen molar-refractivity contribution in [3.8, 4) is 0 Å². The molecule has 106 valence electrons. The van der Waals surface area contributed by atoms with E-state index >= 15 is 0 Å². The number of carbonyl (C=O) groups excluding carboxylic acids is 1. The van der Waals surface area contributed by atoms with Crippen LogP contribution in [0.4, 0.5) is 4.39 Å².